The molecule has 0 heterocycles. The van der Waals surface area contributed by atoms with E-state index in [4.69, 9.17) is 0 Å². The van der Waals surface area contributed by atoms with Crippen LogP contribution in [0.3, 0.4) is 0 Å². The van der Waals surface area contributed by atoms with Crippen LogP contribution in [0, 0.1) is 11.8 Å². The Bertz CT molecular complexity index is 914. The summed E-state index contributed by atoms with van der Waals surface area (Å²) in [5.41, 5.74) is 5.35. The number of hydrogen-bond donors (Lipinski definition) is 1. The fraction of sp³-hybridized carbons (Fsp3) is 0.0833. The zero-order valence-electron chi connectivity index (χ0n) is 14.5. The summed E-state index contributed by atoms with van der Waals surface area (Å²) < 4.78 is 1.11. The molecule has 2 heteroatoms. The minimum Gasteiger partial charge on any atom is -0.385 e. The van der Waals surface area contributed by atoms with E-state index in [0.29, 0.717) is 0 Å². The molecule has 0 aliphatic rings. The lowest BCUT2D eigenvalue weighted by atomic mass is 10.1. The average Bonchev–Trinajstić information content (AvgIpc) is 2.69. The molecule has 26 heavy (non-hydrogen) atoms. The van der Waals surface area contributed by atoms with Gasteiger partial charge in [0, 0.05) is 27.8 Å². The van der Waals surface area contributed by atoms with E-state index in [2.05, 4.69) is 76.1 Å². The van der Waals surface area contributed by atoms with E-state index in [1.165, 1.54) is 5.56 Å². The predicted molar refractivity (Wildman–Crippen MR) is 114 cm³/mol. The number of hydrogen-bond acceptors (Lipinski definition) is 1. The lowest BCUT2D eigenvalue weighted by Crippen LogP contribution is -2.15. The third kappa shape index (κ3) is 5.37. The molecule has 1 N–H and O–H groups in total. The fourth-order valence-electron chi connectivity index (χ4n) is 2.53. The molecule has 0 aliphatic heterocycles. The van der Waals surface area contributed by atoms with Gasteiger partial charge in [0.25, 0.3) is 0 Å². The van der Waals surface area contributed by atoms with Crippen molar-refractivity contribution in [1.82, 2.24) is 5.32 Å². The maximum atomic E-state index is 4.14. The topological polar surface area (TPSA) is 12.0 Å². The van der Waals surface area contributed by atoms with Crippen LogP contribution in [0.15, 0.2) is 89.9 Å². The van der Waals surface area contributed by atoms with Crippen LogP contribution >= 0.6 is 15.9 Å². The number of nitrogens with one attached hydrogen (secondary N) is 1. The first-order valence-corrected chi connectivity index (χ1v) is 9.35. The van der Waals surface area contributed by atoms with Crippen molar-refractivity contribution < 1.29 is 0 Å². The Balaban J connectivity index is 1.53. The highest BCUT2D eigenvalue weighted by molar-refractivity contribution is 9.10. The summed E-state index contributed by atoms with van der Waals surface area (Å²) in [5, 5.41) is 3.40. The summed E-state index contributed by atoms with van der Waals surface area (Å²) in [6, 6.07) is 26.6. The van der Waals surface area contributed by atoms with Gasteiger partial charge in [-0.2, -0.15) is 0 Å². The Morgan fingerprint density at radius 1 is 0.808 bits per heavy atom. The third-order valence-electron chi connectivity index (χ3n) is 4.02. The standard InChI is InChI=1S/C24H20BrN/c1-19(26-18-17-22-11-15-24(25)16-12-22)23-13-9-21(10-14-23)8-7-20-5-3-2-4-6-20/h2-6,9-16,26H,1,17-18H2. The lowest BCUT2D eigenvalue weighted by molar-refractivity contribution is 0.849. The predicted octanol–water partition coefficient (Wildman–Crippen LogP) is 5.65. The van der Waals surface area contributed by atoms with Gasteiger partial charge in [0.15, 0.2) is 0 Å². The molecule has 0 bridgehead atoms. The van der Waals surface area contributed by atoms with Crippen LogP contribution in [0.5, 0.6) is 0 Å². The van der Waals surface area contributed by atoms with Gasteiger partial charge in [0.2, 0.25) is 0 Å². The highest BCUT2D eigenvalue weighted by Crippen LogP contribution is 2.13. The van der Waals surface area contributed by atoms with Gasteiger partial charge in [-0.3, -0.25) is 0 Å². The van der Waals surface area contributed by atoms with Gasteiger partial charge in [-0.25, -0.2) is 0 Å². The monoisotopic (exact) mass is 401 g/mol. The van der Waals surface area contributed by atoms with E-state index in [-0.39, 0.29) is 0 Å². The highest BCUT2D eigenvalue weighted by Gasteiger charge is 1.99. The molecule has 0 aromatic heterocycles. The third-order valence-corrected chi connectivity index (χ3v) is 4.55. The molecule has 0 amide bonds. The molecule has 3 aromatic rings. The van der Waals surface area contributed by atoms with Crippen molar-refractivity contribution in [3.8, 4) is 11.8 Å². The average molecular weight is 402 g/mol. The van der Waals surface area contributed by atoms with Crippen LogP contribution in [0.1, 0.15) is 22.3 Å². The second-order valence-electron chi connectivity index (χ2n) is 5.98. The maximum Gasteiger partial charge on any atom is 0.0340 e. The van der Waals surface area contributed by atoms with Crippen LogP contribution < -0.4 is 5.32 Å². The SMILES string of the molecule is C=C(NCCc1ccc(Br)cc1)c1ccc(C#Cc2ccccc2)cc1. The van der Waals surface area contributed by atoms with Crippen molar-refractivity contribution in [2.75, 3.05) is 6.54 Å². The van der Waals surface area contributed by atoms with Gasteiger partial charge < -0.3 is 5.32 Å². The van der Waals surface area contributed by atoms with Crippen LogP contribution in [-0.2, 0) is 6.42 Å². The summed E-state index contributed by atoms with van der Waals surface area (Å²) in [5.74, 6) is 6.37. The number of benzene rings is 3. The van der Waals surface area contributed by atoms with E-state index in [0.717, 1.165) is 39.8 Å². The van der Waals surface area contributed by atoms with Crippen LogP contribution in [0.4, 0.5) is 0 Å². The molecule has 128 valence electrons. The van der Waals surface area contributed by atoms with Crippen LogP contribution in [0.2, 0.25) is 0 Å². The van der Waals surface area contributed by atoms with E-state index < -0.39 is 0 Å². The van der Waals surface area contributed by atoms with E-state index >= 15 is 0 Å². The Hall–Kier alpha value is -2.76. The summed E-state index contributed by atoms with van der Waals surface area (Å²) in [7, 11) is 0. The molecule has 1 nitrogen and oxygen atoms in total. The molecule has 3 aromatic carbocycles. The smallest absolute Gasteiger partial charge is 0.0340 e. The first-order chi connectivity index (χ1) is 12.7. The Morgan fingerprint density at radius 2 is 1.42 bits per heavy atom. The maximum absolute atomic E-state index is 4.14. The van der Waals surface area contributed by atoms with Gasteiger partial charge in [-0.1, -0.05) is 76.8 Å². The second kappa shape index (κ2) is 9.08. The molecule has 0 radical (unpaired) electrons. The Labute approximate surface area is 163 Å². The van der Waals surface area contributed by atoms with Gasteiger partial charge in [0.05, 0.1) is 0 Å². The molecule has 0 saturated heterocycles. The molecular formula is C24H20BrN. The molecule has 0 saturated carbocycles. The van der Waals surface area contributed by atoms with Gasteiger partial charge in [-0.05, 0) is 53.9 Å². The van der Waals surface area contributed by atoms with E-state index in [1.54, 1.807) is 0 Å². The minimum atomic E-state index is 0.857. The molecule has 3 rings (SSSR count). The van der Waals surface area contributed by atoms with Crippen LogP contribution in [0.25, 0.3) is 5.70 Å². The first-order valence-electron chi connectivity index (χ1n) is 8.55. The molecular weight excluding hydrogens is 382 g/mol. The molecule has 0 atom stereocenters. The second-order valence-corrected chi connectivity index (χ2v) is 6.89. The van der Waals surface area contributed by atoms with E-state index in [1.807, 2.05) is 42.5 Å². The highest BCUT2D eigenvalue weighted by atomic mass is 79.9. The summed E-state index contributed by atoms with van der Waals surface area (Å²) in [6.07, 6.45) is 0.965. The molecule has 0 spiro atoms. The summed E-state index contributed by atoms with van der Waals surface area (Å²) >= 11 is 3.46. The zero-order chi connectivity index (χ0) is 18.2. The Kier molecular flexibility index (Phi) is 6.30. The minimum absolute atomic E-state index is 0.857. The van der Waals surface area contributed by atoms with E-state index in [9.17, 15) is 0 Å². The van der Waals surface area contributed by atoms with Crippen molar-refractivity contribution >= 4 is 21.6 Å². The zero-order valence-corrected chi connectivity index (χ0v) is 16.1. The van der Waals surface area contributed by atoms with Crippen molar-refractivity contribution in [2.24, 2.45) is 0 Å². The largest absolute Gasteiger partial charge is 0.385 e. The first kappa shape index (κ1) is 18.0. The fourth-order valence-corrected chi connectivity index (χ4v) is 2.80. The van der Waals surface area contributed by atoms with Crippen molar-refractivity contribution in [3.05, 3.63) is 112 Å². The summed E-state index contributed by atoms with van der Waals surface area (Å²) in [6.45, 7) is 5.00. The molecule has 0 unspecified atom stereocenters. The van der Waals surface area contributed by atoms with Crippen LogP contribution in [-0.4, -0.2) is 6.54 Å². The molecule has 0 fully saturated rings. The van der Waals surface area contributed by atoms with Crippen molar-refractivity contribution in [3.63, 3.8) is 0 Å². The van der Waals surface area contributed by atoms with Crippen molar-refractivity contribution in [1.29, 1.82) is 0 Å². The number of rotatable bonds is 5. The lowest BCUT2D eigenvalue weighted by Gasteiger charge is -2.10. The van der Waals surface area contributed by atoms with Gasteiger partial charge >= 0.3 is 0 Å². The van der Waals surface area contributed by atoms with Gasteiger partial charge in [-0.15, -0.1) is 0 Å². The molecule has 0 aliphatic carbocycles. The van der Waals surface area contributed by atoms with Crippen molar-refractivity contribution in [2.45, 2.75) is 6.42 Å². The normalized spacial score (nSPS) is 9.88. The quantitative estimate of drug-likeness (QED) is 0.544. The van der Waals surface area contributed by atoms with Gasteiger partial charge in [0.1, 0.15) is 0 Å². The summed E-state index contributed by atoms with van der Waals surface area (Å²) in [4.78, 5) is 0. The Morgan fingerprint density at radius 3 is 2.08 bits per heavy atom. The number of halogens is 1.